The summed E-state index contributed by atoms with van der Waals surface area (Å²) >= 11 is 5.09. The summed E-state index contributed by atoms with van der Waals surface area (Å²) in [6.07, 6.45) is 6.64. The van der Waals surface area contributed by atoms with E-state index < -0.39 is 0 Å². The Morgan fingerprint density at radius 1 is 1.36 bits per heavy atom. The first-order chi connectivity index (χ1) is 6.75. The molecule has 1 aromatic rings. The van der Waals surface area contributed by atoms with E-state index >= 15 is 0 Å². The van der Waals surface area contributed by atoms with Crippen LogP contribution in [-0.4, -0.2) is 9.97 Å². The summed E-state index contributed by atoms with van der Waals surface area (Å²) in [5, 5.41) is 0. The topological polar surface area (TPSA) is 28.7 Å². The molecule has 0 unspecified atom stereocenters. The van der Waals surface area contributed by atoms with Crippen LogP contribution >= 0.6 is 12.2 Å². The molecule has 14 heavy (non-hydrogen) atoms. The molecule has 1 saturated carbocycles. The first-order valence-corrected chi connectivity index (χ1v) is 5.74. The van der Waals surface area contributed by atoms with Gasteiger partial charge in [-0.1, -0.05) is 19.3 Å². The summed E-state index contributed by atoms with van der Waals surface area (Å²) in [6, 6.07) is 2.14. The number of hydrogen-bond donors (Lipinski definition) is 1. The van der Waals surface area contributed by atoms with E-state index in [1.165, 1.54) is 37.8 Å². The molecule has 0 aliphatic heterocycles. The van der Waals surface area contributed by atoms with Gasteiger partial charge in [-0.15, -0.1) is 0 Å². The maximum atomic E-state index is 5.09. The molecule has 1 aromatic heterocycles. The van der Waals surface area contributed by atoms with Crippen LogP contribution in [0.3, 0.4) is 0 Å². The number of H-pyrrole nitrogens is 1. The lowest BCUT2D eigenvalue weighted by Gasteiger charge is -2.20. The second kappa shape index (κ2) is 4.22. The molecule has 0 atom stereocenters. The van der Waals surface area contributed by atoms with Crippen LogP contribution in [0.2, 0.25) is 0 Å². The Balaban J connectivity index is 2.26. The molecule has 3 heteroatoms. The fourth-order valence-electron chi connectivity index (χ4n) is 2.21. The quantitative estimate of drug-likeness (QED) is 0.716. The number of aromatic nitrogens is 2. The smallest absolute Gasteiger partial charge is 0.197 e. The average molecular weight is 208 g/mol. The minimum absolute atomic E-state index is 0.630. The van der Waals surface area contributed by atoms with Crippen LogP contribution in [0.1, 0.15) is 49.4 Å². The average Bonchev–Trinajstić information content (AvgIpc) is 2.18. The van der Waals surface area contributed by atoms with Crippen molar-refractivity contribution >= 4 is 12.2 Å². The Hall–Kier alpha value is -0.700. The molecule has 1 N–H and O–H groups in total. The van der Waals surface area contributed by atoms with Gasteiger partial charge in [-0.05, 0) is 38.0 Å². The van der Waals surface area contributed by atoms with Gasteiger partial charge in [0.2, 0.25) is 0 Å². The van der Waals surface area contributed by atoms with Crippen LogP contribution in [-0.2, 0) is 0 Å². The molecule has 0 bridgehead atoms. The zero-order valence-electron chi connectivity index (χ0n) is 8.55. The van der Waals surface area contributed by atoms with Crippen LogP contribution in [0.15, 0.2) is 6.07 Å². The van der Waals surface area contributed by atoms with E-state index in [1.54, 1.807) is 0 Å². The molecule has 1 aliphatic carbocycles. The van der Waals surface area contributed by atoms with E-state index in [0.29, 0.717) is 10.7 Å². The number of aromatic amines is 1. The molecule has 2 nitrogen and oxygen atoms in total. The largest absolute Gasteiger partial charge is 0.335 e. The van der Waals surface area contributed by atoms with Gasteiger partial charge in [-0.25, -0.2) is 4.98 Å². The molecule has 0 saturated heterocycles. The molecule has 0 aromatic carbocycles. The van der Waals surface area contributed by atoms with Crippen LogP contribution < -0.4 is 0 Å². The first kappa shape index (κ1) is 9.84. The Labute approximate surface area is 89.8 Å². The van der Waals surface area contributed by atoms with Gasteiger partial charge >= 0.3 is 0 Å². The normalized spacial score (nSPS) is 18.4. The lowest BCUT2D eigenvalue weighted by molar-refractivity contribution is 0.435. The van der Waals surface area contributed by atoms with E-state index in [9.17, 15) is 0 Å². The highest BCUT2D eigenvalue weighted by Crippen LogP contribution is 2.31. The highest BCUT2D eigenvalue weighted by Gasteiger charge is 2.16. The standard InChI is InChI=1S/C11H16N2S/c1-8-7-10(13-11(14)12-8)9-5-3-2-4-6-9/h7,9H,2-6H2,1H3,(H,12,13,14). The Morgan fingerprint density at radius 2 is 2.07 bits per heavy atom. The Kier molecular flexibility index (Phi) is 2.96. The third kappa shape index (κ3) is 2.21. The van der Waals surface area contributed by atoms with Gasteiger partial charge in [0.15, 0.2) is 4.77 Å². The van der Waals surface area contributed by atoms with Crippen LogP contribution in [0, 0.1) is 11.7 Å². The molecule has 76 valence electrons. The van der Waals surface area contributed by atoms with Gasteiger partial charge in [0.25, 0.3) is 0 Å². The van der Waals surface area contributed by atoms with Crippen molar-refractivity contribution in [3.63, 3.8) is 0 Å². The van der Waals surface area contributed by atoms with Gasteiger partial charge < -0.3 is 4.98 Å². The number of hydrogen-bond acceptors (Lipinski definition) is 2. The summed E-state index contributed by atoms with van der Waals surface area (Å²) in [7, 11) is 0. The molecular formula is C11H16N2S. The SMILES string of the molecule is Cc1cc(C2CCCCC2)nc(=S)[nH]1. The van der Waals surface area contributed by atoms with E-state index in [2.05, 4.69) is 16.0 Å². The van der Waals surface area contributed by atoms with Crippen molar-refractivity contribution in [3.8, 4) is 0 Å². The zero-order chi connectivity index (χ0) is 9.97. The van der Waals surface area contributed by atoms with Gasteiger partial charge in [0.05, 0.1) is 0 Å². The predicted octanol–water partition coefficient (Wildman–Crippen LogP) is 3.50. The lowest BCUT2D eigenvalue weighted by atomic mass is 9.87. The second-order valence-corrected chi connectivity index (χ2v) is 4.52. The van der Waals surface area contributed by atoms with Crippen molar-refractivity contribution in [1.29, 1.82) is 0 Å². The van der Waals surface area contributed by atoms with Crippen LogP contribution in [0.5, 0.6) is 0 Å². The molecule has 0 radical (unpaired) electrons. The minimum Gasteiger partial charge on any atom is -0.335 e. The van der Waals surface area contributed by atoms with Crippen LogP contribution in [0.25, 0.3) is 0 Å². The van der Waals surface area contributed by atoms with Crippen molar-refractivity contribution in [2.75, 3.05) is 0 Å². The monoisotopic (exact) mass is 208 g/mol. The van der Waals surface area contributed by atoms with Gasteiger partial charge in [0, 0.05) is 17.3 Å². The second-order valence-electron chi connectivity index (χ2n) is 4.13. The Bertz CT molecular complexity index is 364. The van der Waals surface area contributed by atoms with Crippen molar-refractivity contribution in [3.05, 3.63) is 22.2 Å². The number of aryl methyl sites for hydroxylation is 1. The fraction of sp³-hybridized carbons (Fsp3) is 0.636. The zero-order valence-corrected chi connectivity index (χ0v) is 9.36. The number of rotatable bonds is 1. The molecular weight excluding hydrogens is 192 g/mol. The maximum Gasteiger partial charge on any atom is 0.197 e. The summed E-state index contributed by atoms with van der Waals surface area (Å²) in [5.41, 5.74) is 2.33. The molecule has 1 heterocycles. The van der Waals surface area contributed by atoms with Gasteiger partial charge in [0.1, 0.15) is 0 Å². The lowest BCUT2D eigenvalue weighted by Crippen LogP contribution is -2.07. The van der Waals surface area contributed by atoms with Gasteiger partial charge in [-0.3, -0.25) is 0 Å². The summed E-state index contributed by atoms with van der Waals surface area (Å²) in [4.78, 5) is 7.47. The van der Waals surface area contributed by atoms with E-state index in [4.69, 9.17) is 12.2 Å². The van der Waals surface area contributed by atoms with E-state index in [-0.39, 0.29) is 0 Å². The van der Waals surface area contributed by atoms with E-state index in [0.717, 1.165) is 5.69 Å². The van der Waals surface area contributed by atoms with Crippen molar-refractivity contribution in [1.82, 2.24) is 9.97 Å². The van der Waals surface area contributed by atoms with E-state index in [1.807, 2.05) is 6.92 Å². The molecule has 1 aliphatic rings. The summed E-state index contributed by atoms with van der Waals surface area (Å²) < 4.78 is 0.630. The van der Waals surface area contributed by atoms with Crippen molar-refractivity contribution in [2.45, 2.75) is 44.9 Å². The van der Waals surface area contributed by atoms with Crippen molar-refractivity contribution < 1.29 is 0 Å². The van der Waals surface area contributed by atoms with Crippen molar-refractivity contribution in [2.24, 2.45) is 0 Å². The highest BCUT2D eigenvalue weighted by atomic mass is 32.1. The molecule has 0 amide bonds. The predicted molar refractivity (Wildman–Crippen MR) is 60.0 cm³/mol. The third-order valence-electron chi connectivity index (χ3n) is 2.92. The molecule has 2 rings (SSSR count). The summed E-state index contributed by atoms with van der Waals surface area (Å²) in [5.74, 6) is 0.652. The minimum atomic E-state index is 0.630. The fourth-order valence-corrected chi connectivity index (χ4v) is 2.48. The molecule has 1 fully saturated rings. The Morgan fingerprint density at radius 3 is 2.71 bits per heavy atom. The summed E-state index contributed by atoms with van der Waals surface area (Å²) in [6.45, 7) is 2.05. The number of nitrogens with one attached hydrogen (secondary N) is 1. The van der Waals surface area contributed by atoms with Gasteiger partial charge in [-0.2, -0.15) is 0 Å². The third-order valence-corrected chi connectivity index (χ3v) is 3.12. The molecule has 0 spiro atoms. The van der Waals surface area contributed by atoms with Crippen LogP contribution in [0.4, 0.5) is 0 Å². The first-order valence-electron chi connectivity index (χ1n) is 5.33. The highest BCUT2D eigenvalue weighted by molar-refractivity contribution is 7.71. The number of nitrogens with zero attached hydrogens (tertiary/aromatic N) is 1. The maximum absolute atomic E-state index is 5.09.